The molecule has 2 heteroatoms. The number of benzene rings is 11. The molecule has 0 saturated heterocycles. The number of rotatable bonds is 6. The van der Waals surface area contributed by atoms with E-state index in [9.17, 15) is 0 Å². The normalized spacial score (nSPS) is 12.9. The van der Waals surface area contributed by atoms with Gasteiger partial charge in [-0.05, 0) is 224 Å². The lowest BCUT2D eigenvalue weighted by molar-refractivity contribution is 0.797. The van der Waals surface area contributed by atoms with E-state index < -0.39 is 5.41 Å². The quantitative estimate of drug-likeness (QED) is 0.164. The molecular weight excluding hydrogens is 809 g/mol. The number of aryl methyl sites for hydroxylation is 4. The van der Waals surface area contributed by atoms with Crippen molar-refractivity contribution in [2.24, 2.45) is 0 Å². The van der Waals surface area contributed by atoms with E-state index in [4.69, 9.17) is 0 Å². The van der Waals surface area contributed by atoms with Crippen LogP contribution >= 0.6 is 0 Å². The van der Waals surface area contributed by atoms with Gasteiger partial charge in [-0.3, -0.25) is 0 Å². The van der Waals surface area contributed by atoms with Crippen molar-refractivity contribution in [1.29, 1.82) is 0 Å². The van der Waals surface area contributed by atoms with E-state index in [-0.39, 0.29) is 0 Å². The summed E-state index contributed by atoms with van der Waals surface area (Å²) in [5.74, 6) is 0. The average Bonchev–Trinajstić information content (AvgIpc) is 3.79. The largest absolute Gasteiger partial charge is 0.310 e. The minimum atomic E-state index is -0.547. The molecule has 0 radical (unpaired) electrons. The fourth-order valence-electron chi connectivity index (χ4n) is 11.9. The van der Waals surface area contributed by atoms with E-state index in [0.29, 0.717) is 0 Å². The molecule has 0 amide bonds. The zero-order chi connectivity index (χ0) is 45.0. The lowest BCUT2D eigenvalue weighted by atomic mass is 9.70. The molecule has 11 aromatic carbocycles. The monoisotopic (exact) mass is 856 g/mol. The van der Waals surface area contributed by atoms with Crippen molar-refractivity contribution in [2.45, 2.75) is 33.1 Å². The van der Waals surface area contributed by atoms with Crippen molar-refractivity contribution in [3.63, 3.8) is 0 Å². The molecule has 0 bridgehead atoms. The third kappa shape index (κ3) is 6.03. The van der Waals surface area contributed by atoms with Gasteiger partial charge in [-0.15, -0.1) is 0 Å². The van der Waals surface area contributed by atoms with E-state index >= 15 is 0 Å². The first kappa shape index (κ1) is 39.2. The van der Waals surface area contributed by atoms with Gasteiger partial charge in [-0.25, -0.2) is 0 Å². The van der Waals surface area contributed by atoms with E-state index in [0.717, 1.165) is 34.1 Å². The summed E-state index contributed by atoms with van der Waals surface area (Å²) in [5, 5.41) is 7.46. The van der Waals surface area contributed by atoms with Crippen LogP contribution < -0.4 is 9.80 Å². The van der Waals surface area contributed by atoms with Crippen LogP contribution in [0.15, 0.2) is 218 Å². The molecule has 0 heterocycles. The van der Waals surface area contributed by atoms with Crippen molar-refractivity contribution >= 4 is 66.4 Å². The second-order valence-electron chi connectivity index (χ2n) is 18.9. The molecule has 11 aromatic rings. The highest BCUT2D eigenvalue weighted by Crippen LogP contribution is 2.65. The van der Waals surface area contributed by atoms with Crippen molar-refractivity contribution in [3.05, 3.63) is 263 Å². The van der Waals surface area contributed by atoms with Crippen molar-refractivity contribution in [3.8, 4) is 22.3 Å². The molecule has 0 aromatic heterocycles. The van der Waals surface area contributed by atoms with Crippen LogP contribution in [0.25, 0.3) is 54.6 Å². The molecule has 0 aliphatic heterocycles. The fourth-order valence-corrected chi connectivity index (χ4v) is 11.9. The number of hydrogen-bond donors (Lipinski definition) is 0. The SMILES string of the molecule is Cc1cc(C)cc(N(c2ccccc2)c2ccc3cc4c(cc3c2)C2(c3cc5cc(N(c6ccccc6)c6cc(C)cc(C)c6)ccc5cc3-4)c3ccccc3-c3c2ccc2ccccc32)c1. The summed E-state index contributed by atoms with van der Waals surface area (Å²) < 4.78 is 0. The van der Waals surface area contributed by atoms with Gasteiger partial charge in [-0.1, -0.05) is 121 Å². The lowest BCUT2D eigenvalue weighted by Gasteiger charge is -2.31. The van der Waals surface area contributed by atoms with E-state index in [2.05, 4.69) is 256 Å². The topological polar surface area (TPSA) is 6.48 Å². The maximum absolute atomic E-state index is 2.53. The lowest BCUT2D eigenvalue weighted by Crippen LogP contribution is -2.26. The van der Waals surface area contributed by atoms with E-state index in [1.165, 1.54) is 99.1 Å². The molecule has 2 nitrogen and oxygen atoms in total. The van der Waals surface area contributed by atoms with Crippen LogP contribution in [-0.4, -0.2) is 0 Å². The summed E-state index contributed by atoms with van der Waals surface area (Å²) in [7, 11) is 0. The highest BCUT2D eigenvalue weighted by Gasteiger charge is 2.52. The summed E-state index contributed by atoms with van der Waals surface area (Å²) >= 11 is 0. The Bertz CT molecular complexity index is 3580. The molecule has 0 atom stereocenters. The van der Waals surface area contributed by atoms with Gasteiger partial charge >= 0.3 is 0 Å². The van der Waals surface area contributed by atoms with Crippen molar-refractivity contribution in [2.75, 3.05) is 9.80 Å². The number of hydrogen-bond acceptors (Lipinski definition) is 2. The molecule has 2 aliphatic carbocycles. The second-order valence-corrected chi connectivity index (χ2v) is 18.9. The maximum atomic E-state index is 2.53. The van der Waals surface area contributed by atoms with Crippen LogP contribution in [0, 0.1) is 27.7 Å². The van der Waals surface area contributed by atoms with Crippen LogP contribution in [-0.2, 0) is 5.41 Å². The van der Waals surface area contributed by atoms with Gasteiger partial charge in [0, 0.05) is 34.1 Å². The third-order valence-electron chi connectivity index (χ3n) is 14.4. The minimum absolute atomic E-state index is 0.547. The number of para-hydroxylation sites is 2. The number of nitrogens with zero attached hydrogens (tertiary/aromatic N) is 2. The number of fused-ring (bicyclic) bond motifs is 14. The van der Waals surface area contributed by atoms with Gasteiger partial charge in [0.1, 0.15) is 0 Å². The fraction of sp³-hybridized carbons (Fsp3) is 0.0769. The molecular formula is C65H48N2. The van der Waals surface area contributed by atoms with E-state index in [1.54, 1.807) is 0 Å². The molecule has 13 rings (SSSR count). The van der Waals surface area contributed by atoms with Gasteiger partial charge in [-0.2, -0.15) is 0 Å². The van der Waals surface area contributed by atoms with Crippen LogP contribution in [0.3, 0.4) is 0 Å². The Morgan fingerprint density at radius 1 is 0.269 bits per heavy atom. The Labute approximate surface area is 392 Å². The molecule has 0 unspecified atom stereocenters. The standard InChI is InChI=1S/C65H48N2/c1-41-29-42(2)32-54(31-41)66(50-16-7-5-8-17-50)52-26-23-46-37-58-59-38-47-24-27-53(67(51-18-9-6-10-19-51)55-33-43(3)30-44(4)34-55)36-49(47)40-63(59)65(62(58)39-48(46)35-52)60-22-14-13-21-57(60)64-56-20-12-11-15-45(56)25-28-61(64)65/h5-40H,1-4H3. The number of anilines is 6. The highest BCUT2D eigenvalue weighted by molar-refractivity contribution is 6.09. The average molecular weight is 857 g/mol. The smallest absolute Gasteiger partial charge is 0.0726 e. The molecule has 0 fully saturated rings. The zero-order valence-electron chi connectivity index (χ0n) is 38.2. The van der Waals surface area contributed by atoms with Crippen molar-refractivity contribution in [1.82, 2.24) is 0 Å². The van der Waals surface area contributed by atoms with Gasteiger partial charge in [0.15, 0.2) is 0 Å². The predicted octanol–water partition coefficient (Wildman–Crippen LogP) is 17.7. The first-order valence-corrected chi connectivity index (χ1v) is 23.5. The van der Waals surface area contributed by atoms with Gasteiger partial charge in [0.25, 0.3) is 0 Å². The molecule has 0 N–H and O–H groups in total. The first-order valence-electron chi connectivity index (χ1n) is 23.5. The third-order valence-corrected chi connectivity index (χ3v) is 14.4. The second kappa shape index (κ2) is 14.9. The summed E-state index contributed by atoms with van der Waals surface area (Å²) in [4.78, 5) is 4.81. The Hall–Kier alpha value is -8.20. The summed E-state index contributed by atoms with van der Waals surface area (Å²) in [6.45, 7) is 8.76. The Kier molecular flexibility index (Phi) is 8.73. The summed E-state index contributed by atoms with van der Waals surface area (Å²) in [6.07, 6.45) is 0. The van der Waals surface area contributed by atoms with E-state index in [1.807, 2.05) is 0 Å². The Balaban J connectivity index is 1.08. The molecule has 318 valence electrons. The van der Waals surface area contributed by atoms with Crippen LogP contribution in [0.1, 0.15) is 44.5 Å². The molecule has 2 aliphatic rings. The van der Waals surface area contributed by atoms with Crippen LogP contribution in [0.4, 0.5) is 34.1 Å². The Morgan fingerprint density at radius 2 is 0.731 bits per heavy atom. The van der Waals surface area contributed by atoms with Gasteiger partial charge in [0.05, 0.1) is 5.41 Å². The molecule has 1 spiro atoms. The minimum Gasteiger partial charge on any atom is -0.310 e. The van der Waals surface area contributed by atoms with Crippen LogP contribution in [0.5, 0.6) is 0 Å². The Morgan fingerprint density at radius 3 is 1.27 bits per heavy atom. The summed E-state index contributed by atoms with van der Waals surface area (Å²) in [6, 6.07) is 82.3. The molecule has 67 heavy (non-hydrogen) atoms. The molecule has 0 saturated carbocycles. The summed E-state index contributed by atoms with van der Waals surface area (Å²) in [5.41, 5.74) is 21.9. The van der Waals surface area contributed by atoms with Gasteiger partial charge < -0.3 is 9.80 Å². The highest BCUT2D eigenvalue weighted by atomic mass is 15.1. The van der Waals surface area contributed by atoms with Gasteiger partial charge in [0.2, 0.25) is 0 Å². The first-order chi connectivity index (χ1) is 32.8. The van der Waals surface area contributed by atoms with Crippen LogP contribution in [0.2, 0.25) is 0 Å². The van der Waals surface area contributed by atoms with Crippen molar-refractivity contribution < 1.29 is 0 Å². The zero-order valence-corrected chi connectivity index (χ0v) is 38.2. The predicted molar refractivity (Wildman–Crippen MR) is 284 cm³/mol. The maximum Gasteiger partial charge on any atom is 0.0726 e.